The lowest BCUT2D eigenvalue weighted by atomic mass is 10.1. The number of aryl methyl sites for hydroxylation is 1. The highest BCUT2D eigenvalue weighted by atomic mass is 19.1. The zero-order valence-electron chi connectivity index (χ0n) is 8.72. The van der Waals surface area contributed by atoms with Crippen molar-refractivity contribution in [2.24, 2.45) is 0 Å². The number of nitrogens with one attached hydrogen (secondary N) is 1. The quantitative estimate of drug-likeness (QED) is 0.686. The first kappa shape index (κ1) is 11.0. The summed E-state index contributed by atoms with van der Waals surface area (Å²) in [4.78, 5) is 0. The van der Waals surface area contributed by atoms with Gasteiger partial charge in [0.15, 0.2) is 0 Å². The van der Waals surface area contributed by atoms with Crippen molar-refractivity contribution in [3.05, 3.63) is 29.8 Å². The second-order valence-corrected chi connectivity index (χ2v) is 3.42. The predicted octanol–water partition coefficient (Wildman–Crippen LogP) is 3.41. The van der Waals surface area contributed by atoms with Crippen molar-refractivity contribution < 1.29 is 4.39 Å². The van der Waals surface area contributed by atoms with Crippen LogP contribution in [0.15, 0.2) is 24.3 Å². The second kappa shape index (κ2) is 6.41. The van der Waals surface area contributed by atoms with Crippen molar-refractivity contribution in [2.45, 2.75) is 26.2 Å². The Labute approximate surface area is 85.3 Å². The van der Waals surface area contributed by atoms with Gasteiger partial charge in [0.2, 0.25) is 0 Å². The van der Waals surface area contributed by atoms with Crippen molar-refractivity contribution in [1.29, 1.82) is 0 Å². The minimum absolute atomic E-state index is 0.249. The van der Waals surface area contributed by atoms with E-state index in [0.717, 1.165) is 12.1 Å². The van der Waals surface area contributed by atoms with Gasteiger partial charge >= 0.3 is 0 Å². The molecule has 78 valence electrons. The molecule has 0 aliphatic heterocycles. The summed E-state index contributed by atoms with van der Waals surface area (Å²) in [6, 6.07) is 8.37. The molecule has 1 N–H and O–H groups in total. The highest BCUT2D eigenvalue weighted by molar-refractivity contribution is 5.44. The van der Waals surface area contributed by atoms with E-state index >= 15 is 0 Å². The van der Waals surface area contributed by atoms with Crippen molar-refractivity contribution >= 4 is 5.69 Å². The zero-order chi connectivity index (χ0) is 10.2. The lowest BCUT2D eigenvalue weighted by molar-refractivity contribution is 0.481. The summed E-state index contributed by atoms with van der Waals surface area (Å²) in [6.07, 6.45) is 2.89. The smallest absolute Gasteiger partial charge is 0.0911 e. The number of halogens is 1. The van der Waals surface area contributed by atoms with Crippen LogP contribution in [0.3, 0.4) is 0 Å². The van der Waals surface area contributed by atoms with Crippen LogP contribution in [0.2, 0.25) is 0 Å². The average Bonchev–Trinajstić information content (AvgIpc) is 2.21. The fraction of sp³-hybridized carbons (Fsp3) is 0.500. The maximum absolute atomic E-state index is 11.8. The lowest BCUT2D eigenvalue weighted by Crippen LogP contribution is -2.01. The molecule has 2 heteroatoms. The molecule has 0 amide bonds. The van der Waals surface area contributed by atoms with E-state index in [1.165, 1.54) is 12.0 Å². The standard InChI is InChI=1S/C12H18FN/c1-2-4-11-5-7-12(8-6-11)14-10-3-9-13/h5-8,14H,2-4,9-10H2,1H3. The lowest BCUT2D eigenvalue weighted by Gasteiger charge is -2.05. The molecular weight excluding hydrogens is 177 g/mol. The molecule has 0 saturated heterocycles. The third kappa shape index (κ3) is 3.77. The Morgan fingerprint density at radius 1 is 1.21 bits per heavy atom. The van der Waals surface area contributed by atoms with Gasteiger partial charge in [0.25, 0.3) is 0 Å². The van der Waals surface area contributed by atoms with E-state index in [9.17, 15) is 4.39 Å². The fourth-order valence-corrected chi connectivity index (χ4v) is 1.38. The normalized spacial score (nSPS) is 10.1. The van der Waals surface area contributed by atoms with E-state index in [-0.39, 0.29) is 6.67 Å². The molecule has 0 bridgehead atoms. The molecule has 0 atom stereocenters. The van der Waals surface area contributed by atoms with Crippen LogP contribution in [0.5, 0.6) is 0 Å². The number of rotatable bonds is 6. The van der Waals surface area contributed by atoms with Crippen molar-refractivity contribution in [3.8, 4) is 0 Å². The average molecular weight is 195 g/mol. The van der Waals surface area contributed by atoms with Crippen LogP contribution in [0, 0.1) is 0 Å². The van der Waals surface area contributed by atoms with Crippen LogP contribution >= 0.6 is 0 Å². The van der Waals surface area contributed by atoms with Crippen LogP contribution in [0.25, 0.3) is 0 Å². The minimum atomic E-state index is -0.249. The highest BCUT2D eigenvalue weighted by Crippen LogP contribution is 2.10. The van der Waals surface area contributed by atoms with Crippen molar-refractivity contribution in [2.75, 3.05) is 18.5 Å². The van der Waals surface area contributed by atoms with Gasteiger partial charge in [-0.3, -0.25) is 4.39 Å². The molecule has 0 aromatic heterocycles. The van der Waals surface area contributed by atoms with Crippen LogP contribution in [0.4, 0.5) is 10.1 Å². The molecule has 1 rings (SSSR count). The molecule has 0 aliphatic carbocycles. The summed E-state index contributed by atoms with van der Waals surface area (Å²) in [5, 5.41) is 3.17. The Balaban J connectivity index is 2.38. The molecule has 14 heavy (non-hydrogen) atoms. The summed E-state index contributed by atoms with van der Waals surface area (Å²) < 4.78 is 11.8. The summed E-state index contributed by atoms with van der Waals surface area (Å²) in [5.74, 6) is 0. The maximum atomic E-state index is 11.8. The molecule has 0 aliphatic rings. The monoisotopic (exact) mass is 195 g/mol. The summed E-state index contributed by atoms with van der Waals surface area (Å²) in [6.45, 7) is 2.64. The van der Waals surface area contributed by atoms with E-state index in [1.807, 2.05) is 0 Å². The van der Waals surface area contributed by atoms with Gasteiger partial charge in [-0.1, -0.05) is 25.5 Å². The van der Waals surface area contributed by atoms with Gasteiger partial charge in [0.05, 0.1) is 6.67 Å². The van der Waals surface area contributed by atoms with Gasteiger partial charge in [0.1, 0.15) is 0 Å². The van der Waals surface area contributed by atoms with Gasteiger partial charge in [-0.2, -0.15) is 0 Å². The van der Waals surface area contributed by atoms with E-state index in [4.69, 9.17) is 0 Å². The predicted molar refractivity (Wildman–Crippen MR) is 59.5 cm³/mol. The van der Waals surface area contributed by atoms with Gasteiger partial charge in [-0.25, -0.2) is 0 Å². The Hall–Kier alpha value is -1.05. The SMILES string of the molecule is CCCc1ccc(NCCCF)cc1. The van der Waals surface area contributed by atoms with Crippen LogP contribution in [-0.4, -0.2) is 13.2 Å². The Morgan fingerprint density at radius 2 is 1.93 bits per heavy atom. The highest BCUT2D eigenvalue weighted by Gasteiger charge is 1.93. The molecule has 0 spiro atoms. The summed E-state index contributed by atoms with van der Waals surface area (Å²) in [5.41, 5.74) is 2.45. The number of hydrogen-bond acceptors (Lipinski definition) is 1. The third-order valence-electron chi connectivity index (χ3n) is 2.13. The number of alkyl halides is 1. The molecule has 0 unspecified atom stereocenters. The number of anilines is 1. The first-order chi connectivity index (χ1) is 6.86. The van der Waals surface area contributed by atoms with Gasteiger partial charge in [-0.05, 0) is 30.5 Å². The van der Waals surface area contributed by atoms with E-state index in [0.29, 0.717) is 13.0 Å². The summed E-state index contributed by atoms with van der Waals surface area (Å²) >= 11 is 0. The molecule has 1 aromatic carbocycles. The van der Waals surface area contributed by atoms with Crippen LogP contribution < -0.4 is 5.32 Å². The van der Waals surface area contributed by atoms with E-state index in [2.05, 4.69) is 36.5 Å². The number of benzene rings is 1. The topological polar surface area (TPSA) is 12.0 Å². The molecular formula is C12H18FN. The van der Waals surface area contributed by atoms with Crippen LogP contribution in [0.1, 0.15) is 25.3 Å². The zero-order valence-corrected chi connectivity index (χ0v) is 8.72. The molecule has 0 fully saturated rings. The van der Waals surface area contributed by atoms with E-state index in [1.54, 1.807) is 0 Å². The Kier molecular flexibility index (Phi) is 5.05. The number of hydrogen-bond donors (Lipinski definition) is 1. The first-order valence-electron chi connectivity index (χ1n) is 5.25. The molecule has 0 saturated carbocycles. The second-order valence-electron chi connectivity index (χ2n) is 3.42. The van der Waals surface area contributed by atoms with Crippen LogP contribution in [-0.2, 0) is 6.42 Å². The van der Waals surface area contributed by atoms with E-state index < -0.39 is 0 Å². The molecule has 0 radical (unpaired) electrons. The van der Waals surface area contributed by atoms with Gasteiger partial charge in [0, 0.05) is 12.2 Å². The molecule has 1 aromatic rings. The first-order valence-corrected chi connectivity index (χ1v) is 5.25. The minimum Gasteiger partial charge on any atom is -0.385 e. The van der Waals surface area contributed by atoms with Gasteiger partial charge < -0.3 is 5.32 Å². The Morgan fingerprint density at radius 3 is 2.50 bits per heavy atom. The summed E-state index contributed by atoms with van der Waals surface area (Å²) in [7, 11) is 0. The van der Waals surface area contributed by atoms with Gasteiger partial charge in [-0.15, -0.1) is 0 Å². The fourth-order valence-electron chi connectivity index (χ4n) is 1.38. The largest absolute Gasteiger partial charge is 0.385 e. The van der Waals surface area contributed by atoms with Crippen molar-refractivity contribution in [1.82, 2.24) is 0 Å². The third-order valence-corrected chi connectivity index (χ3v) is 2.13. The Bertz CT molecular complexity index is 243. The molecule has 0 heterocycles. The maximum Gasteiger partial charge on any atom is 0.0911 e. The molecule has 1 nitrogen and oxygen atoms in total. The van der Waals surface area contributed by atoms with Crippen molar-refractivity contribution in [3.63, 3.8) is 0 Å².